The van der Waals surface area contributed by atoms with Gasteiger partial charge in [0, 0.05) is 0 Å². The van der Waals surface area contributed by atoms with Crippen LogP contribution in [0, 0.1) is 5.92 Å². The fourth-order valence-electron chi connectivity index (χ4n) is 3.46. The minimum atomic E-state index is -1.65. The first-order chi connectivity index (χ1) is 11.4. The summed E-state index contributed by atoms with van der Waals surface area (Å²) in [7, 11) is 3.55. The summed E-state index contributed by atoms with van der Waals surface area (Å²) < 4.78 is 19.3. The molecule has 0 aromatic carbocycles. The number of hydrogen-bond donors (Lipinski definition) is 0. The molecule has 0 saturated carbocycles. The third-order valence-electron chi connectivity index (χ3n) is 5.90. The molecule has 0 spiro atoms. The normalized spacial score (nSPS) is 25.2. The van der Waals surface area contributed by atoms with Gasteiger partial charge in [-0.15, -0.1) is 0 Å². The van der Waals surface area contributed by atoms with E-state index in [4.69, 9.17) is 14.2 Å². The van der Waals surface area contributed by atoms with Gasteiger partial charge in [-0.2, -0.15) is 0 Å². The third-order valence-corrected chi connectivity index (χ3v) is 21.7. The van der Waals surface area contributed by atoms with Crippen molar-refractivity contribution < 1.29 is 14.2 Å². The van der Waals surface area contributed by atoms with Crippen molar-refractivity contribution in [3.05, 3.63) is 33.5 Å². The van der Waals surface area contributed by atoms with E-state index in [1.807, 2.05) is 0 Å². The first-order valence-corrected chi connectivity index (χ1v) is 18.2. The fraction of sp³-hybridized carbons (Fsp3) is 0.700. The molecule has 5 heteroatoms. The molecule has 0 saturated heterocycles. The van der Waals surface area contributed by atoms with Gasteiger partial charge in [0.25, 0.3) is 0 Å². The molecule has 1 aliphatic carbocycles. The molecule has 0 aromatic heterocycles. The number of ether oxygens (including phenoxy) is 3. The zero-order valence-electron chi connectivity index (χ0n) is 18.1. The molecule has 1 rings (SSSR count). The van der Waals surface area contributed by atoms with Gasteiger partial charge in [-0.05, 0) is 0 Å². The van der Waals surface area contributed by atoms with Crippen molar-refractivity contribution in [2.75, 3.05) is 21.3 Å². The van der Waals surface area contributed by atoms with Crippen molar-refractivity contribution in [2.45, 2.75) is 62.4 Å². The Morgan fingerprint density at radius 3 is 1.80 bits per heavy atom. The number of allylic oxidation sites excluding steroid dienone is 2. The third kappa shape index (κ3) is 4.31. The molecular formula is C20H37GaO3Si. The second-order valence-electron chi connectivity index (χ2n) is 8.90. The molecule has 0 bridgehead atoms. The van der Waals surface area contributed by atoms with Gasteiger partial charge >= 0.3 is 162 Å². The van der Waals surface area contributed by atoms with E-state index in [2.05, 4.69) is 70.0 Å². The molecule has 3 nitrogen and oxygen atoms in total. The van der Waals surface area contributed by atoms with Gasteiger partial charge in [0.15, 0.2) is 0 Å². The van der Waals surface area contributed by atoms with E-state index in [0.717, 1.165) is 11.5 Å². The van der Waals surface area contributed by atoms with Crippen LogP contribution in [-0.4, -0.2) is 51.2 Å². The Balaban J connectivity index is 3.70. The quantitative estimate of drug-likeness (QED) is 0.539. The van der Waals surface area contributed by atoms with Crippen LogP contribution in [0.2, 0.25) is 29.1 Å². The Bertz CT molecular complexity index is 546. The van der Waals surface area contributed by atoms with Crippen LogP contribution in [0.15, 0.2) is 33.5 Å². The monoisotopic (exact) mass is 422 g/mol. The zero-order valence-corrected chi connectivity index (χ0v) is 21.5. The topological polar surface area (TPSA) is 27.7 Å². The summed E-state index contributed by atoms with van der Waals surface area (Å²) in [6.45, 7) is 14.2. The predicted octanol–water partition coefficient (Wildman–Crippen LogP) is 5.35. The summed E-state index contributed by atoms with van der Waals surface area (Å²) in [5, 5.41) is 0.291. The van der Waals surface area contributed by atoms with Crippen LogP contribution in [0.25, 0.3) is 0 Å². The zero-order chi connectivity index (χ0) is 19.6. The second-order valence-corrected chi connectivity index (χ2v) is 21.6. The summed E-state index contributed by atoms with van der Waals surface area (Å²) in [6.07, 6.45) is 6.64. The van der Waals surface area contributed by atoms with Crippen LogP contribution in [0.5, 0.6) is 0 Å². The van der Waals surface area contributed by atoms with E-state index in [0.29, 0.717) is 5.04 Å². The molecule has 0 radical (unpaired) electrons. The van der Waals surface area contributed by atoms with Gasteiger partial charge in [-0.25, -0.2) is 0 Å². The van der Waals surface area contributed by atoms with Crippen molar-refractivity contribution in [1.82, 2.24) is 0 Å². The Hall–Kier alpha value is -0.367. The van der Waals surface area contributed by atoms with Crippen LogP contribution in [0.3, 0.4) is 0 Å². The van der Waals surface area contributed by atoms with E-state index in [9.17, 15) is 0 Å². The van der Waals surface area contributed by atoms with Gasteiger partial charge < -0.3 is 0 Å². The number of hydrogen-bond acceptors (Lipinski definition) is 3. The van der Waals surface area contributed by atoms with E-state index in [-0.39, 0.29) is 5.92 Å². The van der Waals surface area contributed by atoms with E-state index in [1.165, 1.54) is 0 Å². The Kier molecular flexibility index (Phi) is 7.36. The molecule has 0 N–H and O–H groups in total. The average Bonchev–Trinajstić information content (AvgIpc) is 2.51. The Morgan fingerprint density at radius 2 is 1.52 bits per heavy atom. The second kappa shape index (κ2) is 8.11. The van der Waals surface area contributed by atoms with Crippen molar-refractivity contribution >= 4 is 24.3 Å². The molecular weight excluding hydrogens is 386 g/mol. The SMILES string of the molecule is COC1=CC(C)C=C(OC)C1(/C=[C](/[Ga]([CH3])[CH3])[Si](C)(C)C(C)(C)C)OC. The summed E-state index contributed by atoms with van der Waals surface area (Å²) in [6, 6.07) is 0. The van der Waals surface area contributed by atoms with Crippen molar-refractivity contribution in [3.8, 4) is 0 Å². The van der Waals surface area contributed by atoms with Gasteiger partial charge in [0.05, 0.1) is 0 Å². The summed E-state index contributed by atoms with van der Waals surface area (Å²) >= 11 is -1.57. The summed E-state index contributed by atoms with van der Waals surface area (Å²) in [5.41, 5.74) is 4.18. The molecule has 0 amide bonds. The van der Waals surface area contributed by atoms with Gasteiger partial charge in [-0.1, -0.05) is 0 Å². The molecule has 0 unspecified atom stereocenters. The van der Waals surface area contributed by atoms with E-state index in [1.54, 1.807) is 25.1 Å². The van der Waals surface area contributed by atoms with E-state index >= 15 is 0 Å². The van der Waals surface area contributed by atoms with Gasteiger partial charge in [0.1, 0.15) is 0 Å². The Labute approximate surface area is 161 Å². The average molecular weight is 423 g/mol. The first-order valence-electron chi connectivity index (χ1n) is 9.18. The number of rotatable bonds is 6. The van der Waals surface area contributed by atoms with Gasteiger partial charge in [0.2, 0.25) is 0 Å². The molecule has 0 atom stereocenters. The van der Waals surface area contributed by atoms with Crippen molar-refractivity contribution in [2.24, 2.45) is 5.92 Å². The molecule has 0 heterocycles. The van der Waals surface area contributed by atoms with Crippen LogP contribution < -0.4 is 0 Å². The molecule has 0 fully saturated rings. The minimum absolute atomic E-state index is 0.262. The maximum atomic E-state index is 6.11. The molecule has 0 aromatic rings. The molecule has 1 aliphatic rings. The van der Waals surface area contributed by atoms with Crippen molar-refractivity contribution in [1.29, 1.82) is 0 Å². The van der Waals surface area contributed by atoms with Crippen LogP contribution in [0.4, 0.5) is 0 Å². The molecule has 25 heavy (non-hydrogen) atoms. The first kappa shape index (κ1) is 22.7. The van der Waals surface area contributed by atoms with Crippen LogP contribution in [-0.2, 0) is 14.2 Å². The summed E-state index contributed by atoms with van der Waals surface area (Å²) in [4.78, 5) is 0. The van der Waals surface area contributed by atoms with E-state index < -0.39 is 29.9 Å². The summed E-state index contributed by atoms with van der Waals surface area (Å²) in [5.74, 6) is 1.93. The maximum absolute atomic E-state index is 6.11. The standard InChI is InChI=1S/C18H31O3Si.2CH3.Ga/c1-14-12-15(19-5)18(21-7,16(13-14)20-6)10-11-22(8,9)17(2,3)4;;;/h10,12-14H,1-9H3;2*1H3;. The number of methoxy groups -OCH3 is 3. The van der Waals surface area contributed by atoms with Crippen LogP contribution >= 0.6 is 0 Å². The predicted molar refractivity (Wildman–Crippen MR) is 112 cm³/mol. The van der Waals surface area contributed by atoms with Crippen molar-refractivity contribution in [3.63, 3.8) is 0 Å². The van der Waals surface area contributed by atoms with Crippen LogP contribution in [0.1, 0.15) is 27.7 Å². The van der Waals surface area contributed by atoms with Gasteiger partial charge in [-0.3, -0.25) is 0 Å². The Morgan fingerprint density at radius 1 is 1.08 bits per heavy atom. The molecule has 142 valence electrons. The fourth-order valence-corrected chi connectivity index (χ4v) is 19.3. The molecule has 0 aliphatic heterocycles.